The molecule has 0 bridgehead atoms. The van der Waals surface area contributed by atoms with Crippen LogP contribution in [0.15, 0.2) is 24.3 Å². The van der Waals surface area contributed by atoms with Gasteiger partial charge in [-0.25, -0.2) is 8.78 Å². The third-order valence-corrected chi connectivity index (χ3v) is 3.56. The van der Waals surface area contributed by atoms with E-state index in [2.05, 4.69) is 10.2 Å². The molecule has 0 aromatic heterocycles. The van der Waals surface area contributed by atoms with Crippen LogP contribution in [0.2, 0.25) is 0 Å². The molecule has 2 nitrogen and oxygen atoms in total. The molecule has 100 valence electrons. The molecule has 1 atom stereocenters. The molecule has 1 aliphatic rings. The van der Waals surface area contributed by atoms with Gasteiger partial charge in [-0.15, -0.1) is 0 Å². The summed E-state index contributed by atoms with van der Waals surface area (Å²) in [6.45, 7) is 2.95. The summed E-state index contributed by atoms with van der Waals surface area (Å²) < 4.78 is 24.9. The van der Waals surface area contributed by atoms with Crippen molar-refractivity contribution in [3.63, 3.8) is 0 Å². The minimum atomic E-state index is -2.37. The monoisotopic (exact) mass is 254 g/mol. The van der Waals surface area contributed by atoms with Crippen molar-refractivity contribution in [3.05, 3.63) is 35.4 Å². The third-order valence-electron chi connectivity index (χ3n) is 3.56. The van der Waals surface area contributed by atoms with Gasteiger partial charge >= 0.3 is 0 Å². The Labute approximate surface area is 107 Å². The van der Waals surface area contributed by atoms with Crippen molar-refractivity contribution in [2.45, 2.75) is 31.9 Å². The number of nitrogens with zero attached hydrogens (tertiary/aromatic N) is 1. The summed E-state index contributed by atoms with van der Waals surface area (Å²) >= 11 is 0. The van der Waals surface area contributed by atoms with Gasteiger partial charge in [-0.05, 0) is 32.0 Å². The lowest BCUT2D eigenvalue weighted by Crippen LogP contribution is -2.36. The highest BCUT2D eigenvalue weighted by atomic mass is 19.3. The van der Waals surface area contributed by atoms with Crippen molar-refractivity contribution in [1.29, 1.82) is 0 Å². The molecule has 1 aromatic carbocycles. The van der Waals surface area contributed by atoms with E-state index in [1.54, 1.807) is 0 Å². The first kappa shape index (κ1) is 13.4. The number of halogens is 2. The number of alkyl halides is 2. The van der Waals surface area contributed by atoms with E-state index in [9.17, 15) is 8.78 Å². The maximum Gasteiger partial charge on any atom is 0.263 e. The van der Waals surface area contributed by atoms with Crippen LogP contribution in [-0.4, -0.2) is 31.1 Å². The molecule has 1 heterocycles. The molecule has 18 heavy (non-hydrogen) atoms. The molecule has 0 radical (unpaired) electrons. The maximum absolute atomic E-state index is 12.4. The number of hydrogen-bond donors (Lipinski definition) is 1. The smallest absolute Gasteiger partial charge is 0.263 e. The van der Waals surface area contributed by atoms with E-state index in [-0.39, 0.29) is 5.56 Å². The van der Waals surface area contributed by atoms with Crippen LogP contribution in [0, 0.1) is 0 Å². The quantitative estimate of drug-likeness (QED) is 0.869. The van der Waals surface area contributed by atoms with Gasteiger partial charge in [0.1, 0.15) is 0 Å². The number of benzene rings is 1. The zero-order valence-corrected chi connectivity index (χ0v) is 10.7. The summed E-state index contributed by atoms with van der Waals surface area (Å²) in [5.41, 5.74) is 1.22. The number of likely N-dealkylation sites (tertiary alicyclic amines) is 1. The molecular formula is C14H20F2N2. The molecule has 2 rings (SSSR count). The van der Waals surface area contributed by atoms with E-state index in [1.165, 1.54) is 25.0 Å². The predicted molar refractivity (Wildman–Crippen MR) is 68.8 cm³/mol. The summed E-state index contributed by atoms with van der Waals surface area (Å²) in [4.78, 5) is 2.42. The Bertz CT molecular complexity index is 365. The van der Waals surface area contributed by atoms with Crippen molar-refractivity contribution < 1.29 is 8.78 Å². The second kappa shape index (κ2) is 6.25. The molecule has 1 unspecified atom stereocenters. The van der Waals surface area contributed by atoms with Crippen LogP contribution in [0.1, 0.15) is 30.4 Å². The van der Waals surface area contributed by atoms with E-state index in [1.807, 2.05) is 19.2 Å². The van der Waals surface area contributed by atoms with Gasteiger partial charge in [-0.1, -0.05) is 24.3 Å². The topological polar surface area (TPSA) is 15.3 Å². The van der Waals surface area contributed by atoms with Gasteiger partial charge in [-0.2, -0.15) is 0 Å². The Hall–Kier alpha value is -1.00. The van der Waals surface area contributed by atoms with Crippen LogP contribution < -0.4 is 5.32 Å². The van der Waals surface area contributed by atoms with Gasteiger partial charge in [0, 0.05) is 24.7 Å². The van der Waals surface area contributed by atoms with E-state index >= 15 is 0 Å². The van der Waals surface area contributed by atoms with Gasteiger partial charge in [0.2, 0.25) is 0 Å². The Morgan fingerprint density at radius 3 is 2.67 bits per heavy atom. The first-order valence-electron chi connectivity index (χ1n) is 6.46. The predicted octanol–water partition coefficient (Wildman–Crippen LogP) is 2.81. The minimum Gasteiger partial charge on any atom is -0.318 e. The summed E-state index contributed by atoms with van der Waals surface area (Å²) in [6, 6.07) is 7.27. The van der Waals surface area contributed by atoms with Crippen LogP contribution in [0.4, 0.5) is 8.78 Å². The van der Waals surface area contributed by atoms with Crippen molar-refractivity contribution in [2.75, 3.05) is 20.1 Å². The molecule has 1 aliphatic heterocycles. The van der Waals surface area contributed by atoms with Crippen molar-refractivity contribution in [2.24, 2.45) is 0 Å². The van der Waals surface area contributed by atoms with Gasteiger partial charge in [0.25, 0.3) is 6.43 Å². The largest absolute Gasteiger partial charge is 0.318 e. The lowest BCUT2D eigenvalue weighted by Gasteiger charge is -2.24. The van der Waals surface area contributed by atoms with Gasteiger partial charge in [0.05, 0.1) is 0 Å². The Morgan fingerprint density at radius 1 is 1.33 bits per heavy atom. The first-order chi connectivity index (χ1) is 8.70. The highest BCUT2D eigenvalue weighted by Gasteiger charge is 2.23. The normalized spacial score (nSPS) is 20.8. The van der Waals surface area contributed by atoms with E-state index in [0.717, 1.165) is 25.2 Å². The fourth-order valence-electron chi connectivity index (χ4n) is 2.57. The molecule has 0 spiro atoms. The molecule has 0 aliphatic carbocycles. The van der Waals surface area contributed by atoms with Crippen LogP contribution in [0.3, 0.4) is 0 Å². The summed E-state index contributed by atoms with van der Waals surface area (Å²) in [5.74, 6) is 0. The van der Waals surface area contributed by atoms with Gasteiger partial charge in [0.15, 0.2) is 0 Å². The average molecular weight is 254 g/mol. The molecule has 1 aromatic rings. The van der Waals surface area contributed by atoms with Crippen LogP contribution >= 0.6 is 0 Å². The highest BCUT2D eigenvalue weighted by molar-refractivity contribution is 5.23. The second-order valence-electron chi connectivity index (χ2n) is 4.87. The molecule has 0 amide bonds. The lowest BCUT2D eigenvalue weighted by atomic mass is 10.1. The summed E-state index contributed by atoms with van der Waals surface area (Å²) in [7, 11) is 1.97. The van der Waals surface area contributed by atoms with E-state index in [0.29, 0.717) is 6.04 Å². The first-order valence-corrected chi connectivity index (χ1v) is 6.46. The van der Waals surface area contributed by atoms with Gasteiger partial charge < -0.3 is 5.32 Å². The average Bonchev–Trinajstić information content (AvgIpc) is 2.78. The number of nitrogens with one attached hydrogen (secondary N) is 1. The van der Waals surface area contributed by atoms with Crippen molar-refractivity contribution in [3.8, 4) is 0 Å². The highest BCUT2D eigenvalue weighted by Crippen LogP contribution is 2.22. The number of hydrogen-bond acceptors (Lipinski definition) is 2. The fourth-order valence-corrected chi connectivity index (χ4v) is 2.57. The zero-order chi connectivity index (χ0) is 13.0. The molecule has 0 saturated carbocycles. The van der Waals surface area contributed by atoms with Crippen LogP contribution in [-0.2, 0) is 6.54 Å². The zero-order valence-electron chi connectivity index (χ0n) is 10.7. The minimum absolute atomic E-state index is 0.104. The molecule has 4 heteroatoms. The second-order valence-corrected chi connectivity index (χ2v) is 4.87. The van der Waals surface area contributed by atoms with Crippen molar-refractivity contribution in [1.82, 2.24) is 10.2 Å². The third kappa shape index (κ3) is 3.27. The van der Waals surface area contributed by atoms with Crippen LogP contribution in [0.5, 0.6) is 0 Å². The van der Waals surface area contributed by atoms with E-state index in [4.69, 9.17) is 0 Å². The Morgan fingerprint density at radius 2 is 2.06 bits per heavy atom. The van der Waals surface area contributed by atoms with Crippen molar-refractivity contribution >= 4 is 0 Å². The Balaban J connectivity index is 1.96. The number of rotatable bonds is 5. The maximum atomic E-state index is 12.4. The van der Waals surface area contributed by atoms with Gasteiger partial charge in [-0.3, -0.25) is 4.90 Å². The van der Waals surface area contributed by atoms with E-state index < -0.39 is 6.43 Å². The standard InChI is InChI=1S/C14H20F2N2/c1-17-9-13-3-2-8-18(13)10-11-4-6-12(7-5-11)14(15)16/h4-7,13-14,17H,2-3,8-10H2,1H3. The number of likely N-dealkylation sites (N-methyl/N-ethyl adjacent to an activating group) is 1. The molecular weight excluding hydrogens is 234 g/mol. The fraction of sp³-hybridized carbons (Fsp3) is 0.571. The summed E-state index contributed by atoms with van der Waals surface area (Å²) in [6.07, 6.45) is 0.0696. The lowest BCUT2D eigenvalue weighted by molar-refractivity contribution is 0.151. The Kier molecular flexibility index (Phi) is 4.66. The molecule has 1 saturated heterocycles. The summed E-state index contributed by atoms with van der Waals surface area (Å²) in [5, 5.41) is 3.21. The van der Waals surface area contributed by atoms with Crippen LogP contribution in [0.25, 0.3) is 0 Å². The molecule has 1 fully saturated rings. The SMILES string of the molecule is CNCC1CCCN1Cc1ccc(C(F)F)cc1. The molecule has 1 N–H and O–H groups in total.